The highest BCUT2D eigenvalue weighted by atomic mass is 19.1. The first-order valence-corrected chi connectivity index (χ1v) is 9.82. The van der Waals surface area contributed by atoms with Crippen LogP contribution in [0.1, 0.15) is 42.6 Å². The highest BCUT2D eigenvalue weighted by molar-refractivity contribution is 5.37. The molecule has 1 aromatic heterocycles. The smallest absolute Gasteiger partial charge is 0.123 e. The van der Waals surface area contributed by atoms with Crippen LogP contribution in [0, 0.1) is 19.7 Å². The molecule has 1 atom stereocenters. The lowest BCUT2D eigenvalue weighted by atomic mass is 9.84. The molecule has 2 saturated heterocycles. The number of benzene rings is 1. The third-order valence-electron chi connectivity index (χ3n) is 5.98. The summed E-state index contributed by atoms with van der Waals surface area (Å²) in [5.41, 5.74) is 4.20. The third-order valence-corrected chi connectivity index (χ3v) is 5.98. The van der Waals surface area contributed by atoms with Crippen molar-refractivity contribution in [1.29, 1.82) is 0 Å². The minimum atomic E-state index is -0.233. The zero-order valence-electron chi connectivity index (χ0n) is 16.1. The second-order valence-corrected chi connectivity index (χ2v) is 7.75. The third kappa shape index (κ3) is 3.93. The number of hydrogen-bond acceptors (Lipinski definition) is 4. The van der Waals surface area contributed by atoms with E-state index in [1.165, 1.54) is 17.7 Å². The lowest BCUT2D eigenvalue weighted by Crippen LogP contribution is -2.49. The Kier molecular flexibility index (Phi) is 5.30. The van der Waals surface area contributed by atoms with Crippen LogP contribution in [0.2, 0.25) is 0 Å². The molecule has 2 aliphatic rings. The molecule has 2 aromatic rings. The van der Waals surface area contributed by atoms with E-state index in [2.05, 4.69) is 17.3 Å². The topological polar surface area (TPSA) is 48.3 Å². The predicted molar refractivity (Wildman–Crippen MR) is 102 cm³/mol. The number of nitrogens with zero attached hydrogens (tertiary/aromatic N) is 2. The van der Waals surface area contributed by atoms with Gasteiger partial charge < -0.3 is 14.8 Å². The molecule has 146 valence electrons. The van der Waals surface area contributed by atoms with Crippen molar-refractivity contribution in [1.82, 2.24) is 15.1 Å². The molecule has 0 bridgehead atoms. The van der Waals surface area contributed by atoms with Crippen LogP contribution >= 0.6 is 0 Å². The van der Waals surface area contributed by atoms with Crippen LogP contribution in [-0.4, -0.2) is 41.2 Å². The number of halogens is 1. The maximum Gasteiger partial charge on any atom is 0.123 e. The molecule has 0 saturated carbocycles. The van der Waals surface area contributed by atoms with Crippen LogP contribution in [0.3, 0.4) is 0 Å². The molecule has 0 unspecified atom stereocenters. The maximum atomic E-state index is 13.2. The summed E-state index contributed by atoms with van der Waals surface area (Å²) in [6.07, 6.45) is 4.06. The van der Waals surface area contributed by atoms with E-state index in [0.29, 0.717) is 6.04 Å². The summed E-state index contributed by atoms with van der Waals surface area (Å²) < 4.78 is 26.8. The Hall–Kier alpha value is -1.76. The van der Waals surface area contributed by atoms with Gasteiger partial charge in [-0.3, -0.25) is 0 Å². The van der Waals surface area contributed by atoms with Crippen LogP contribution in [0.15, 0.2) is 24.3 Å². The number of hydrogen-bond donors (Lipinski definition) is 1. The average Bonchev–Trinajstić information content (AvgIpc) is 2.95. The van der Waals surface area contributed by atoms with Gasteiger partial charge in [0, 0.05) is 43.7 Å². The van der Waals surface area contributed by atoms with Crippen LogP contribution in [0.25, 0.3) is 5.69 Å². The fourth-order valence-electron chi connectivity index (χ4n) is 4.30. The highest BCUT2D eigenvalue weighted by Gasteiger charge is 2.38. The summed E-state index contributed by atoms with van der Waals surface area (Å²) in [5, 5.41) is 8.40. The van der Waals surface area contributed by atoms with Crippen LogP contribution < -0.4 is 5.32 Å². The molecular weight excluding hydrogens is 345 g/mol. The largest absolute Gasteiger partial charge is 0.381 e. The molecule has 4 rings (SSSR count). The van der Waals surface area contributed by atoms with E-state index in [4.69, 9.17) is 9.47 Å². The number of aromatic nitrogens is 2. The molecule has 5 nitrogen and oxygen atoms in total. The second-order valence-electron chi connectivity index (χ2n) is 7.75. The van der Waals surface area contributed by atoms with Crippen LogP contribution in [-0.2, 0) is 16.0 Å². The first-order chi connectivity index (χ1) is 13.1. The lowest BCUT2D eigenvalue weighted by Gasteiger charge is -2.43. The van der Waals surface area contributed by atoms with Crippen molar-refractivity contribution >= 4 is 0 Å². The van der Waals surface area contributed by atoms with Crippen LogP contribution in [0.4, 0.5) is 4.39 Å². The van der Waals surface area contributed by atoms with Crippen molar-refractivity contribution < 1.29 is 13.9 Å². The first-order valence-electron chi connectivity index (χ1n) is 9.82. The lowest BCUT2D eigenvalue weighted by molar-refractivity contribution is -0.140. The number of ether oxygens (including phenoxy) is 2. The van der Waals surface area contributed by atoms with Gasteiger partial charge in [-0.2, -0.15) is 5.10 Å². The Morgan fingerprint density at radius 1 is 1.19 bits per heavy atom. The van der Waals surface area contributed by atoms with Gasteiger partial charge in [0.15, 0.2) is 0 Å². The van der Waals surface area contributed by atoms with Crippen molar-refractivity contribution in [2.24, 2.45) is 0 Å². The summed E-state index contributed by atoms with van der Waals surface area (Å²) in [6, 6.07) is 6.92. The van der Waals surface area contributed by atoms with E-state index < -0.39 is 0 Å². The Balaban J connectivity index is 1.44. The number of aryl methyl sites for hydroxylation is 1. The maximum absolute atomic E-state index is 13.2. The van der Waals surface area contributed by atoms with Gasteiger partial charge in [-0.1, -0.05) is 0 Å². The van der Waals surface area contributed by atoms with Crippen molar-refractivity contribution in [2.45, 2.75) is 57.7 Å². The molecule has 27 heavy (non-hydrogen) atoms. The van der Waals surface area contributed by atoms with Crippen molar-refractivity contribution in [3.8, 4) is 5.69 Å². The van der Waals surface area contributed by atoms with Gasteiger partial charge in [0.25, 0.3) is 0 Å². The van der Waals surface area contributed by atoms with Gasteiger partial charge >= 0.3 is 0 Å². The van der Waals surface area contributed by atoms with E-state index in [0.717, 1.165) is 69.1 Å². The molecule has 0 amide bonds. The second kappa shape index (κ2) is 7.70. The molecule has 3 heterocycles. The molecule has 1 spiro atoms. The van der Waals surface area contributed by atoms with E-state index in [1.807, 2.05) is 11.6 Å². The summed E-state index contributed by atoms with van der Waals surface area (Å²) >= 11 is 0. The molecule has 0 aliphatic carbocycles. The predicted octanol–water partition coefficient (Wildman–Crippen LogP) is 3.45. The Morgan fingerprint density at radius 2 is 1.93 bits per heavy atom. The summed E-state index contributed by atoms with van der Waals surface area (Å²) in [4.78, 5) is 0. The van der Waals surface area contributed by atoms with Crippen molar-refractivity contribution in [3.05, 3.63) is 47.0 Å². The minimum absolute atomic E-state index is 0.00342. The van der Waals surface area contributed by atoms with Gasteiger partial charge in [0.05, 0.1) is 17.0 Å². The normalized spacial score (nSPS) is 22.3. The molecule has 1 aromatic carbocycles. The van der Waals surface area contributed by atoms with Crippen molar-refractivity contribution in [3.63, 3.8) is 0 Å². The van der Waals surface area contributed by atoms with Gasteiger partial charge in [-0.05, 0) is 63.8 Å². The number of rotatable bonds is 4. The van der Waals surface area contributed by atoms with Gasteiger partial charge in [-0.25, -0.2) is 9.07 Å². The van der Waals surface area contributed by atoms with Gasteiger partial charge in [-0.15, -0.1) is 0 Å². The van der Waals surface area contributed by atoms with E-state index in [1.54, 1.807) is 12.1 Å². The monoisotopic (exact) mass is 373 g/mol. The summed E-state index contributed by atoms with van der Waals surface area (Å²) in [6.45, 7) is 7.31. The van der Waals surface area contributed by atoms with E-state index in [9.17, 15) is 4.39 Å². The summed E-state index contributed by atoms with van der Waals surface area (Å²) in [7, 11) is 0. The first kappa shape index (κ1) is 18.6. The highest BCUT2D eigenvalue weighted by Crippen LogP contribution is 2.34. The van der Waals surface area contributed by atoms with Gasteiger partial charge in [0.1, 0.15) is 5.82 Å². The molecule has 2 fully saturated rings. The Labute approximate surface area is 159 Å². The average molecular weight is 373 g/mol. The summed E-state index contributed by atoms with van der Waals surface area (Å²) in [5.74, 6) is -0.233. The van der Waals surface area contributed by atoms with Crippen LogP contribution in [0.5, 0.6) is 0 Å². The zero-order chi connectivity index (χ0) is 18.9. The zero-order valence-corrected chi connectivity index (χ0v) is 16.1. The number of nitrogens with one attached hydrogen (secondary N) is 1. The van der Waals surface area contributed by atoms with Gasteiger partial charge in [0.2, 0.25) is 0 Å². The van der Waals surface area contributed by atoms with E-state index in [-0.39, 0.29) is 11.4 Å². The molecule has 6 heteroatoms. The van der Waals surface area contributed by atoms with Crippen molar-refractivity contribution in [2.75, 3.05) is 19.8 Å². The Bertz CT molecular complexity index is 776. The molecular formula is C21H28FN3O2. The quantitative estimate of drug-likeness (QED) is 0.892. The molecule has 1 N–H and O–H groups in total. The minimum Gasteiger partial charge on any atom is -0.381 e. The van der Waals surface area contributed by atoms with E-state index >= 15 is 0 Å². The SMILES string of the molecule is Cc1nn(-c2ccc(F)cc2)c(C)c1CN[C@H]1CCOC2(CCOCC2)C1. The standard InChI is InChI=1S/C21H28FN3O2/c1-15-20(16(2)25(24-15)19-5-3-17(22)4-6-19)14-23-18-7-10-27-21(13-18)8-11-26-12-9-21/h3-6,18,23H,7-14H2,1-2H3/t18-/m0/s1. The molecule has 2 aliphatic heterocycles. The fraction of sp³-hybridized carbons (Fsp3) is 0.571. The fourth-order valence-corrected chi connectivity index (χ4v) is 4.30. The molecule has 0 radical (unpaired) electrons. The Morgan fingerprint density at radius 3 is 2.67 bits per heavy atom.